The van der Waals surface area contributed by atoms with Crippen molar-refractivity contribution in [1.29, 1.82) is 0 Å². The standard InChI is InChI=1S/C16H19N3O5S/c1-2-17-15(20)11-18-16(21)12-5-7-14(8-6-12)25(22,23)19-10-13-4-3-9-24-13/h3-9,19H,2,10-11H2,1H3,(H,17,20)(H,18,21). The zero-order valence-corrected chi connectivity index (χ0v) is 14.4. The van der Waals surface area contributed by atoms with E-state index in [2.05, 4.69) is 15.4 Å². The van der Waals surface area contributed by atoms with Gasteiger partial charge in [-0.05, 0) is 43.3 Å². The fourth-order valence-corrected chi connectivity index (χ4v) is 2.96. The normalized spacial score (nSPS) is 11.1. The first-order valence-corrected chi connectivity index (χ1v) is 9.07. The Hall–Kier alpha value is -2.65. The van der Waals surface area contributed by atoms with Gasteiger partial charge in [-0.3, -0.25) is 9.59 Å². The van der Waals surface area contributed by atoms with Crippen LogP contribution in [0.25, 0.3) is 0 Å². The van der Waals surface area contributed by atoms with Crippen molar-refractivity contribution >= 4 is 21.8 Å². The number of benzene rings is 1. The van der Waals surface area contributed by atoms with Gasteiger partial charge in [0.1, 0.15) is 5.76 Å². The van der Waals surface area contributed by atoms with Gasteiger partial charge in [-0.25, -0.2) is 13.1 Å². The number of likely N-dealkylation sites (N-methyl/N-ethyl adjacent to an activating group) is 1. The predicted octanol–water partition coefficient (Wildman–Crippen LogP) is 0.624. The minimum atomic E-state index is -3.72. The molecule has 3 N–H and O–H groups in total. The van der Waals surface area contributed by atoms with Crippen molar-refractivity contribution in [1.82, 2.24) is 15.4 Å². The lowest BCUT2D eigenvalue weighted by Crippen LogP contribution is -2.36. The Balaban J connectivity index is 1.96. The van der Waals surface area contributed by atoms with Crippen LogP contribution in [0.4, 0.5) is 0 Å². The molecule has 0 unspecified atom stereocenters. The summed E-state index contributed by atoms with van der Waals surface area (Å²) >= 11 is 0. The SMILES string of the molecule is CCNC(=O)CNC(=O)c1ccc(S(=O)(=O)NCc2ccco2)cc1. The lowest BCUT2D eigenvalue weighted by atomic mass is 10.2. The van der Waals surface area contributed by atoms with Crippen LogP contribution in [-0.2, 0) is 21.4 Å². The van der Waals surface area contributed by atoms with Gasteiger partial charge in [0.05, 0.1) is 24.2 Å². The quantitative estimate of drug-likeness (QED) is 0.634. The van der Waals surface area contributed by atoms with E-state index in [1.165, 1.54) is 30.5 Å². The summed E-state index contributed by atoms with van der Waals surface area (Å²) in [6, 6.07) is 8.74. The molecule has 0 aliphatic heterocycles. The summed E-state index contributed by atoms with van der Waals surface area (Å²) in [5.41, 5.74) is 0.259. The van der Waals surface area contributed by atoms with Crippen LogP contribution in [-0.4, -0.2) is 33.3 Å². The average molecular weight is 365 g/mol. The van der Waals surface area contributed by atoms with Crippen LogP contribution >= 0.6 is 0 Å². The van der Waals surface area contributed by atoms with Gasteiger partial charge in [0.15, 0.2) is 0 Å². The van der Waals surface area contributed by atoms with E-state index in [9.17, 15) is 18.0 Å². The molecule has 1 aromatic carbocycles. The van der Waals surface area contributed by atoms with Crippen molar-refractivity contribution in [2.24, 2.45) is 0 Å². The van der Waals surface area contributed by atoms with E-state index < -0.39 is 15.9 Å². The van der Waals surface area contributed by atoms with E-state index in [0.717, 1.165) is 0 Å². The number of furan rings is 1. The second kappa shape index (κ2) is 8.45. The first-order chi connectivity index (χ1) is 11.9. The van der Waals surface area contributed by atoms with Crippen LogP contribution in [0.2, 0.25) is 0 Å². The number of amides is 2. The first-order valence-electron chi connectivity index (χ1n) is 7.59. The summed E-state index contributed by atoms with van der Waals surface area (Å²) in [5, 5.41) is 5.02. The molecule has 2 aromatic rings. The van der Waals surface area contributed by atoms with Crippen LogP contribution in [0.15, 0.2) is 52.0 Å². The molecule has 2 amide bonds. The molecular formula is C16H19N3O5S. The Kier molecular flexibility index (Phi) is 6.31. The van der Waals surface area contributed by atoms with Gasteiger partial charge in [-0.15, -0.1) is 0 Å². The fourth-order valence-electron chi connectivity index (χ4n) is 1.97. The molecule has 134 valence electrons. The summed E-state index contributed by atoms with van der Waals surface area (Å²) in [6.45, 7) is 2.15. The Bertz CT molecular complexity index is 814. The molecule has 1 heterocycles. The molecule has 0 bridgehead atoms. The van der Waals surface area contributed by atoms with Crippen molar-refractivity contribution in [3.8, 4) is 0 Å². The minimum absolute atomic E-state index is 0.0272. The number of carbonyl (C=O) groups is 2. The maximum absolute atomic E-state index is 12.2. The highest BCUT2D eigenvalue weighted by Crippen LogP contribution is 2.11. The molecule has 0 aliphatic carbocycles. The van der Waals surface area contributed by atoms with Crippen LogP contribution in [0.1, 0.15) is 23.0 Å². The van der Waals surface area contributed by atoms with Gasteiger partial charge in [0.2, 0.25) is 15.9 Å². The summed E-state index contributed by atoms with van der Waals surface area (Å²) in [7, 11) is -3.72. The van der Waals surface area contributed by atoms with E-state index in [-0.39, 0.29) is 29.5 Å². The molecule has 8 nitrogen and oxygen atoms in total. The lowest BCUT2D eigenvalue weighted by Gasteiger charge is -2.08. The van der Waals surface area contributed by atoms with Crippen molar-refractivity contribution in [2.75, 3.05) is 13.1 Å². The van der Waals surface area contributed by atoms with Crippen LogP contribution < -0.4 is 15.4 Å². The molecule has 9 heteroatoms. The lowest BCUT2D eigenvalue weighted by molar-refractivity contribution is -0.120. The maximum Gasteiger partial charge on any atom is 0.251 e. The zero-order valence-electron chi connectivity index (χ0n) is 13.6. The molecule has 0 saturated carbocycles. The van der Waals surface area contributed by atoms with Gasteiger partial charge in [0, 0.05) is 12.1 Å². The van der Waals surface area contributed by atoms with Crippen molar-refractivity contribution in [3.05, 3.63) is 54.0 Å². The summed E-state index contributed by atoms with van der Waals surface area (Å²) < 4.78 is 31.9. The third kappa shape index (κ3) is 5.44. The first kappa shape index (κ1) is 18.7. The third-order valence-electron chi connectivity index (χ3n) is 3.23. The van der Waals surface area contributed by atoms with Gasteiger partial charge in [0.25, 0.3) is 5.91 Å². The summed E-state index contributed by atoms with van der Waals surface area (Å²) in [6.07, 6.45) is 1.46. The van der Waals surface area contributed by atoms with Crippen molar-refractivity contribution < 1.29 is 22.4 Å². The molecule has 0 spiro atoms. The molecule has 0 radical (unpaired) electrons. The summed E-state index contributed by atoms with van der Waals surface area (Å²) in [5.74, 6) is -0.263. The highest BCUT2D eigenvalue weighted by Gasteiger charge is 2.15. The van der Waals surface area contributed by atoms with E-state index in [0.29, 0.717) is 12.3 Å². The highest BCUT2D eigenvalue weighted by atomic mass is 32.2. The Morgan fingerprint density at radius 3 is 2.40 bits per heavy atom. The van der Waals surface area contributed by atoms with Gasteiger partial charge in [-0.1, -0.05) is 0 Å². The molecule has 0 fully saturated rings. The minimum Gasteiger partial charge on any atom is -0.468 e. The Morgan fingerprint density at radius 2 is 1.80 bits per heavy atom. The maximum atomic E-state index is 12.2. The number of hydrogen-bond acceptors (Lipinski definition) is 5. The molecule has 25 heavy (non-hydrogen) atoms. The number of carbonyl (C=O) groups excluding carboxylic acids is 2. The number of sulfonamides is 1. The van der Waals surface area contributed by atoms with Gasteiger partial charge >= 0.3 is 0 Å². The van der Waals surface area contributed by atoms with Gasteiger partial charge in [-0.2, -0.15) is 0 Å². The second-order valence-corrected chi connectivity index (χ2v) is 6.83. The zero-order chi connectivity index (χ0) is 18.3. The number of hydrogen-bond donors (Lipinski definition) is 3. The monoisotopic (exact) mass is 365 g/mol. The highest BCUT2D eigenvalue weighted by molar-refractivity contribution is 7.89. The Morgan fingerprint density at radius 1 is 1.08 bits per heavy atom. The van der Waals surface area contributed by atoms with E-state index in [1.807, 2.05) is 0 Å². The van der Waals surface area contributed by atoms with E-state index in [1.54, 1.807) is 19.1 Å². The van der Waals surface area contributed by atoms with E-state index >= 15 is 0 Å². The average Bonchev–Trinajstić information content (AvgIpc) is 3.12. The van der Waals surface area contributed by atoms with Crippen molar-refractivity contribution in [2.45, 2.75) is 18.4 Å². The molecule has 2 rings (SSSR count). The molecule has 0 aliphatic rings. The van der Waals surface area contributed by atoms with Crippen LogP contribution in [0.3, 0.4) is 0 Å². The molecule has 0 atom stereocenters. The smallest absolute Gasteiger partial charge is 0.251 e. The predicted molar refractivity (Wildman–Crippen MR) is 90.2 cm³/mol. The van der Waals surface area contributed by atoms with Crippen LogP contribution in [0, 0.1) is 0 Å². The largest absolute Gasteiger partial charge is 0.468 e. The topological polar surface area (TPSA) is 118 Å². The molecule has 1 aromatic heterocycles. The van der Waals surface area contributed by atoms with Crippen molar-refractivity contribution in [3.63, 3.8) is 0 Å². The number of rotatable bonds is 8. The van der Waals surface area contributed by atoms with Crippen LogP contribution in [0.5, 0.6) is 0 Å². The number of nitrogens with one attached hydrogen (secondary N) is 3. The third-order valence-corrected chi connectivity index (χ3v) is 4.64. The fraction of sp³-hybridized carbons (Fsp3) is 0.250. The Labute approximate surface area is 145 Å². The second-order valence-electron chi connectivity index (χ2n) is 5.06. The molecular weight excluding hydrogens is 346 g/mol. The molecule has 0 saturated heterocycles. The van der Waals surface area contributed by atoms with E-state index in [4.69, 9.17) is 4.42 Å². The summed E-state index contributed by atoms with van der Waals surface area (Å²) in [4.78, 5) is 23.3. The van der Waals surface area contributed by atoms with Gasteiger partial charge < -0.3 is 15.1 Å².